The lowest BCUT2D eigenvalue weighted by molar-refractivity contribution is 0.715. The largest absolute Gasteiger partial charge is 0.314 e. The van der Waals surface area contributed by atoms with E-state index in [4.69, 9.17) is 0 Å². The Morgan fingerprint density at radius 3 is 1.53 bits per heavy atom. The summed E-state index contributed by atoms with van der Waals surface area (Å²) in [7, 11) is 0. The van der Waals surface area contributed by atoms with Crippen LogP contribution in [0.5, 0.6) is 0 Å². The third-order valence-electron chi connectivity index (χ3n) is 13.8. The van der Waals surface area contributed by atoms with Crippen LogP contribution in [0.2, 0.25) is 0 Å². The lowest BCUT2D eigenvalue weighted by atomic mass is 9.86. The molecule has 0 saturated carbocycles. The SMILES string of the molecule is CC1CC(N(c2ccccc2)c2ccc3c(c2)c2ccccc2n3-c2ccccc2)=CC=C1c1ccc(N(c2ccccc2)c2ccc3c(c2)c2ccccc2n3C2=CC=CCC2C)cc1. The molecular weight excluding hydrogens is 801 g/mol. The number of allylic oxidation sites excluding steroid dienone is 8. The average molecular weight is 851 g/mol. The molecule has 0 bridgehead atoms. The van der Waals surface area contributed by atoms with E-state index in [1.165, 1.54) is 71.8 Å². The topological polar surface area (TPSA) is 16.3 Å². The van der Waals surface area contributed by atoms with Gasteiger partial charge in [0.05, 0.1) is 22.1 Å². The minimum Gasteiger partial charge on any atom is -0.314 e. The van der Waals surface area contributed by atoms with Crippen LogP contribution < -0.4 is 9.80 Å². The van der Waals surface area contributed by atoms with Crippen molar-refractivity contribution in [3.05, 3.63) is 242 Å². The van der Waals surface area contributed by atoms with Gasteiger partial charge in [0.15, 0.2) is 0 Å². The number of anilines is 5. The molecule has 0 amide bonds. The van der Waals surface area contributed by atoms with Crippen molar-refractivity contribution in [2.45, 2.75) is 26.7 Å². The fourth-order valence-corrected chi connectivity index (χ4v) is 10.6. The smallest absolute Gasteiger partial charge is 0.0542 e. The number of rotatable bonds is 9. The maximum Gasteiger partial charge on any atom is 0.0542 e. The molecule has 0 aliphatic heterocycles. The molecule has 2 atom stereocenters. The summed E-state index contributed by atoms with van der Waals surface area (Å²) in [6.07, 6.45) is 13.4. The maximum atomic E-state index is 2.48. The van der Waals surface area contributed by atoms with Gasteiger partial charge in [-0.05, 0) is 139 Å². The monoisotopic (exact) mass is 850 g/mol. The first-order valence-electron chi connectivity index (χ1n) is 23.3. The summed E-state index contributed by atoms with van der Waals surface area (Å²) >= 11 is 0. The van der Waals surface area contributed by atoms with Crippen molar-refractivity contribution in [3.63, 3.8) is 0 Å². The van der Waals surface area contributed by atoms with E-state index in [0.717, 1.165) is 41.3 Å². The molecule has 2 aliphatic rings. The van der Waals surface area contributed by atoms with Gasteiger partial charge in [0.2, 0.25) is 0 Å². The molecule has 2 heterocycles. The molecule has 4 nitrogen and oxygen atoms in total. The third kappa shape index (κ3) is 6.76. The quantitative estimate of drug-likeness (QED) is 0.144. The van der Waals surface area contributed by atoms with Gasteiger partial charge >= 0.3 is 0 Å². The Morgan fingerprint density at radius 1 is 0.409 bits per heavy atom. The lowest BCUT2D eigenvalue weighted by Crippen LogP contribution is -2.20. The molecule has 8 aromatic carbocycles. The molecule has 2 aromatic heterocycles. The van der Waals surface area contributed by atoms with Crippen LogP contribution in [0.1, 0.15) is 32.3 Å². The zero-order valence-corrected chi connectivity index (χ0v) is 37.3. The average Bonchev–Trinajstić information content (AvgIpc) is 3.88. The molecule has 2 aliphatic carbocycles. The minimum absolute atomic E-state index is 0.299. The van der Waals surface area contributed by atoms with Crippen LogP contribution >= 0.6 is 0 Å². The van der Waals surface area contributed by atoms with E-state index >= 15 is 0 Å². The van der Waals surface area contributed by atoms with E-state index in [1.807, 2.05) is 0 Å². The summed E-state index contributed by atoms with van der Waals surface area (Å²) in [6, 6.07) is 73.1. The Morgan fingerprint density at radius 2 is 0.909 bits per heavy atom. The Hall–Kier alpha value is -8.08. The number of fused-ring (bicyclic) bond motifs is 6. The van der Waals surface area contributed by atoms with Crippen molar-refractivity contribution >= 4 is 83.3 Å². The van der Waals surface area contributed by atoms with Gasteiger partial charge in [-0.2, -0.15) is 0 Å². The Bertz CT molecular complexity index is 3550. The Labute approximate surface area is 386 Å². The van der Waals surface area contributed by atoms with Crippen molar-refractivity contribution in [2.75, 3.05) is 9.80 Å². The fraction of sp³-hybridized carbons (Fsp3) is 0.0968. The molecule has 0 spiro atoms. The fourth-order valence-electron chi connectivity index (χ4n) is 10.6. The van der Waals surface area contributed by atoms with E-state index in [2.05, 4.69) is 263 Å². The van der Waals surface area contributed by atoms with Gasteiger partial charge in [-0.25, -0.2) is 0 Å². The second-order valence-corrected chi connectivity index (χ2v) is 17.9. The zero-order valence-electron chi connectivity index (χ0n) is 37.3. The number of hydrogen-bond donors (Lipinski definition) is 0. The van der Waals surface area contributed by atoms with Crippen LogP contribution in [0, 0.1) is 11.8 Å². The van der Waals surface area contributed by atoms with Gasteiger partial charge in [0.1, 0.15) is 0 Å². The van der Waals surface area contributed by atoms with Crippen molar-refractivity contribution in [2.24, 2.45) is 11.8 Å². The molecule has 0 fully saturated rings. The van der Waals surface area contributed by atoms with Crippen molar-refractivity contribution in [1.29, 1.82) is 0 Å². The van der Waals surface area contributed by atoms with Crippen molar-refractivity contribution < 1.29 is 0 Å². The van der Waals surface area contributed by atoms with Crippen LogP contribution in [0.4, 0.5) is 28.4 Å². The summed E-state index contributed by atoms with van der Waals surface area (Å²) in [4.78, 5) is 4.85. The molecule has 0 radical (unpaired) electrons. The van der Waals surface area contributed by atoms with Crippen LogP contribution in [-0.2, 0) is 0 Å². The van der Waals surface area contributed by atoms with Gasteiger partial charge in [0.25, 0.3) is 0 Å². The number of benzene rings is 8. The summed E-state index contributed by atoms with van der Waals surface area (Å²) in [6.45, 7) is 4.70. The molecule has 2 unspecified atom stereocenters. The van der Waals surface area contributed by atoms with Gasteiger partial charge in [-0.15, -0.1) is 0 Å². The molecule has 0 N–H and O–H groups in total. The predicted octanol–water partition coefficient (Wildman–Crippen LogP) is 16.9. The number of hydrogen-bond acceptors (Lipinski definition) is 2. The van der Waals surface area contributed by atoms with Crippen molar-refractivity contribution in [3.8, 4) is 5.69 Å². The molecule has 4 heteroatoms. The van der Waals surface area contributed by atoms with E-state index in [1.54, 1.807) is 0 Å². The molecule has 66 heavy (non-hydrogen) atoms. The highest BCUT2D eigenvalue weighted by Crippen LogP contribution is 2.44. The van der Waals surface area contributed by atoms with Crippen LogP contribution in [-0.4, -0.2) is 9.13 Å². The molecular formula is C62H50N4. The first-order valence-corrected chi connectivity index (χ1v) is 23.3. The second kappa shape index (κ2) is 16.5. The number of nitrogens with zero attached hydrogens (tertiary/aromatic N) is 4. The predicted molar refractivity (Wildman–Crippen MR) is 281 cm³/mol. The maximum absolute atomic E-state index is 2.48. The van der Waals surface area contributed by atoms with Crippen molar-refractivity contribution in [1.82, 2.24) is 9.13 Å². The number of aromatic nitrogens is 2. The molecule has 10 aromatic rings. The number of para-hydroxylation sites is 5. The standard InChI is InChI=1S/C62H50N4/c1-43-18-12-15-27-58(43)66-60-29-17-14-26-55(60)57-41-51(36-39-62(57)66)63(46-19-6-3-7-20-46)49-32-30-45(31-33-49)53-37-34-50(40-44(53)2)64(47-21-8-4-9-22-47)52-35-38-61-56(42-52)54-25-13-16-28-59(54)65(61)48-23-10-5-11-24-48/h3-17,19-39,41-44H,18,40H2,1-2H3. The van der Waals surface area contributed by atoms with E-state index in [9.17, 15) is 0 Å². The summed E-state index contributed by atoms with van der Waals surface area (Å²) < 4.78 is 4.86. The minimum atomic E-state index is 0.299. The van der Waals surface area contributed by atoms with Gasteiger partial charge in [0, 0.05) is 73.0 Å². The normalized spacial score (nSPS) is 16.1. The highest BCUT2D eigenvalue weighted by atomic mass is 15.2. The van der Waals surface area contributed by atoms with Crippen LogP contribution in [0.15, 0.2) is 236 Å². The molecule has 0 saturated heterocycles. The molecule has 318 valence electrons. The van der Waals surface area contributed by atoms with E-state index in [0.29, 0.717) is 11.8 Å². The van der Waals surface area contributed by atoms with Gasteiger partial charge in [-0.1, -0.05) is 135 Å². The summed E-state index contributed by atoms with van der Waals surface area (Å²) in [5, 5.41) is 5.03. The van der Waals surface area contributed by atoms with Crippen LogP contribution in [0.3, 0.4) is 0 Å². The van der Waals surface area contributed by atoms with E-state index < -0.39 is 0 Å². The molecule has 12 rings (SSSR count). The Balaban J connectivity index is 0.909. The summed E-state index contributed by atoms with van der Waals surface area (Å²) in [5.74, 6) is 0.739. The zero-order chi connectivity index (χ0) is 44.1. The first kappa shape index (κ1) is 39.5. The van der Waals surface area contributed by atoms with E-state index in [-0.39, 0.29) is 0 Å². The lowest BCUT2D eigenvalue weighted by Gasteiger charge is -2.32. The van der Waals surface area contributed by atoms with Crippen LogP contribution in [0.25, 0.3) is 60.6 Å². The Kier molecular flexibility index (Phi) is 9.87. The highest BCUT2D eigenvalue weighted by Gasteiger charge is 2.25. The highest BCUT2D eigenvalue weighted by molar-refractivity contribution is 6.12. The third-order valence-corrected chi connectivity index (χ3v) is 13.8. The van der Waals surface area contributed by atoms with Gasteiger partial charge in [-0.3, -0.25) is 0 Å². The second-order valence-electron chi connectivity index (χ2n) is 17.9. The van der Waals surface area contributed by atoms with Gasteiger partial charge < -0.3 is 18.9 Å². The first-order chi connectivity index (χ1) is 32.6. The summed E-state index contributed by atoms with van der Waals surface area (Å²) in [5.41, 5.74) is 17.0.